The van der Waals surface area contributed by atoms with Crippen molar-refractivity contribution in [1.29, 1.82) is 0 Å². The molecule has 1 aromatic heterocycles. The van der Waals surface area contributed by atoms with Crippen LogP contribution in [0.25, 0.3) is 11.3 Å². The van der Waals surface area contributed by atoms with Crippen molar-refractivity contribution >= 4 is 12.0 Å². The van der Waals surface area contributed by atoms with Gasteiger partial charge in [0.05, 0.1) is 5.69 Å². The first-order valence-electron chi connectivity index (χ1n) is 6.57. The topological polar surface area (TPSA) is 74.8 Å². The third-order valence-electron chi connectivity index (χ3n) is 3.13. The van der Waals surface area contributed by atoms with Gasteiger partial charge in [-0.2, -0.15) is 5.10 Å². The molecule has 5 heteroatoms. The summed E-state index contributed by atoms with van der Waals surface area (Å²) in [7, 11) is 0. The molecule has 1 aromatic carbocycles. The third-order valence-corrected chi connectivity index (χ3v) is 3.13. The van der Waals surface area contributed by atoms with E-state index in [4.69, 9.17) is 0 Å². The van der Waals surface area contributed by atoms with Gasteiger partial charge in [-0.15, -0.1) is 0 Å². The highest BCUT2D eigenvalue weighted by Gasteiger charge is 2.08. The Morgan fingerprint density at radius 1 is 1.24 bits per heavy atom. The van der Waals surface area contributed by atoms with Crippen molar-refractivity contribution in [3.8, 4) is 11.3 Å². The van der Waals surface area contributed by atoms with Crippen molar-refractivity contribution in [2.45, 2.75) is 20.8 Å². The van der Waals surface area contributed by atoms with Gasteiger partial charge in [-0.05, 0) is 44.0 Å². The predicted molar refractivity (Wildman–Crippen MR) is 83.2 cm³/mol. The first kappa shape index (κ1) is 14.7. The minimum atomic E-state index is -0.207. The molecule has 5 nitrogen and oxygen atoms in total. The maximum atomic E-state index is 11.2. The number of hydrogen-bond donors (Lipinski definition) is 2. The van der Waals surface area contributed by atoms with Gasteiger partial charge in [0.25, 0.3) is 5.56 Å². The number of carbonyl (C=O) groups excluding carboxylic acids is 1. The van der Waals surface area contributed by atoms with Gasteiger partial charge in [0, 0.05) is 29.1 Å². The van der Waals surface area contributed by atoms with E-state index in [1.165, 1.54) is 6.07 Å². The summed E-state index contributed by atoms with van der Waals surface area (Å²) in [5, 5.41) is 9.64. The quantitative estimate of drug-likeness (QED) is 0.668. The van der Waals surface area contributed by atoms with Crippen LogP contribution in [-0.2, 0) is 4.79 Å². The molecule has 0 unspecified atom stereocenters. The van der Waals surface area contributed by atoms with E-state index in [9.17, 15) is 9.59 Å². The fraction of sp³-hybridized carbons (Fsp3) is 0.188. The van der Waals surface area contributed by atoms with E-state index in [0.29, 0.717) is 5.57 Å². The van der Waals surface area contributed by atoms with Crippen LogP contribution in [0.1, 0.15) is 18.1 Å². The Kier molecular flexibility index (Phi) is 4.33. The second kappa shape index (κ2) is 6.17. The number of nitrogens with one attached hydrogen (secondary N) is 2. The van der Waals surface area contributed by atoms with Gasteiger partial charge in [0.15, 0.2) is 0 Å². The van der Waals surface area contributed by atoms with E-state index in [-0.39, 0.29) is 5.56 Å². The molecule has 0 amide bonds. The third kappa shape index (κ3) is 3.45. The first-order valence-corrected chi connectivity index (χ1v) is 6.57. The zero-order valence-corrected chi connectivity index (χ0v) is 12.2. The average Bonchev–Trinajstić information content (AvgIpc) is 2.45. The second-order valence-corrected chi connectivity index (χ2v) is 4.94. The van der Waals surface area contributed by atoms with Crippen LogP contribution in [0.15, 0.2) is 40.8 Å². The van der Waals surface area contributed by atoms with Crippen LogP contribution < -0.4 is 10.9 Å². The standard InChI is InChI=1S/C16H17N3O2/c1-10(9-20)8-17-13-4-5-14(11(2)6-13)16-12(3)7-15(21)18-19-16/h4-9,17H,1-3H3,(H,18,21)/b10-8+. The minimum absolute atomic E-state index is 0.207. The highest BCUT2D eigenvalue weighted by molar-refractivity contribution is 5.74. The zero-order valence-electron chi connectivity index (χ0n) is 12.2. The van der Waals surface area contributed by atoms with Crippen LogP contribution in [0.4, 0.5) is 5.69 Å². The Bertz CT molecular complexity index is 760. The molecule has 0 spiro atoms. The second-order valence-electron chi connectivity index (χ2n) is 4.94. The molecular formula is C16H17N3O2. The molecule has 0 fully saturated rings. The van der Waals surface area contributed by atoms with Crippen molar-refractivity contribution in [3.63, 3.8) is 0 Å². The molecule has 0 saturated carbocycles. The van der Waals surface area contributed by atoms with Gasteiger partial charge in [-0.25, -0.2) is 5.10 Å². The van der Waals surface area contributed by atoms with E-state index >= 15 is 0 Å². The number of nitrogens with zero attached hydrogens (tertiary/aromatic N) is 1. The van der Waals surface area contributed by atoms with Gasteiger partial charge in [0.1, 0.15) is 6.29 Å². The van der Waals surface area contributed by atoms with Crippen molar-refractivity contribution in [1.82, 2.24) is 10.2 Å². The van der Waals surface area contributed by atoms with Gasteiger partial charge in [0.2, 0.25) is 0 Å². The normalized spacial score (nSPS) is 11.3. The number of carbonyl (C=O) groups is 1. The highest BCUT2D eigenvalue weighted by atomic mass is 16.1. The zero-order chi connectivity index (χ0) is 15.4. The number of benzene rings is 1. The lowest BCUT2D eigenvalue weighted by molar-refractivity contribution is -0.104. The lowest BCUT2D eigenvalue weighted by Gasteiger charge is -2.10. The summed E-state index contributed by atoms with van der Waals surface area (Å²) in [6, 6.07) is 7.35. The number of aldehydes is 1. The molecule has 0 saturated heterocycles. The molecule has 0 aliphatic heterocycles. The number of rotatable bonds is 4. The number of aromatic nitrogens is 2. The molecule has 1 heterocycles. The van der Waals surface area contributed by atoms with E-state index < -0.39 is 0 Å². The smallest absolute Gasteiger partial charge is 0.264 e. The number of aromatic amines is 1. The summed E-state index contributed by atoms with van der Waals surface area (Å²) in [5.74, 6) is 0. The van der Waals surface area contributed by atoms with Gasteiger partial charge in [-0.3, -0.25) is 9.59 Å². The molecule has 0 atom stereocenters. The summed E-state index contributed by atoms with van der Waals surface area (Å²) in [5.41, 5.74) is 4.89. The number of H-pyrrole nitrogens is 1. The molecule has 2 N–H and O–H groups in total. The van der Waals surface area contributed by atoms with Crippen LogP contribution in [0.5, 0.6) is 0 Å². The Labute approximate surface area is 122 Å². The van der Waals surface area contributed by atoms with Crippen LogP contribution in [0.3, 0.4) is 0 Å². The fourth-order valence-electron chi connectivity index (χ4n) is 2.02. The molecule has 2 rings (SSSR count). The van der Waals surface area contributed by atoms with E-state index in [1.54, 1.807) is 13.1 Å². The minimum Gasteiger partial charge on any atom is -0.361 e. The summed E-state index contributed by atoms with van der Waals surface area (Å²) < 4.78 is 0. The van der Waals surface area contributed by atoms with E-state index in [1.807, 2.05) is 32.0 Å². The Balaban J connectivity index is 2.35. The number of hydrogen-bond acceptors (Lipinski definition) is 4. The largest absolute Gasteiger partial charge is 0.361 e. The van der Waals surface area contributed by atoms with Crippen LogP contribution in [0, 0.1) is 13.8 Å². The maximum Gasteiger partial charge on any atom is 0.264 e. The monoisotopic (exact) mass is 283 g/mol. The van der Waals surface area contributed by atoms with Crippen LogP contribution >= 0.6 is 0 Å². The molecule has 0 aliphatic rings. The summed E-state index contributed by atoms with van der Waals surface area (Å²) in [4.78, 5) is 21.8. The Morgan fingerprint density at radius 3 is 2.62 bits per heavy atom. The number of anilines is 1. The van der Waals surface area contributed by atoms with Gasteiger partial charge in [-0.1, -0.05) is 6.07 Å². The predicted octanol–water partition coefficient (Wildman–Crippen LogP) is 2.57. The van der Waals surface area contributed by atoms with Gasteiger partial charge < -0.3 is 5.32 Å². The Morgan fingerprint density at radius 2 is 2.00 bits per heavy atom. The van der Waals surface area contributed by atoms with E-state index in [2.05, 4.69) is 15.5 Å². The summed E-state index contributed by atoms with van der Waals surface area (Å²) >= 11 is 0. The lowest BCUT2D eigenvalue weighted by Crippen LogP contribution is -2.08. The molecule has 0 aliphatic carbocycles. The van der Waals surface area contributed by atoms with Crippen LogP contribution in [0.2, 0.25) is 0 Å². The average molecular weight is 283 g/mol. The SMILES string of the molecule is C/C(C=O)=C\Nc1ccc(-c2n[nH]c(=O)cc2C)c(C)c1. The van der Waals surface area contributed by atoms with Crippen molar-refractivity contribution in [3.05, 3.63) is 57.5 Å². The Hall–Kier alpha value is -2.69. The van der Waals surface area contributed by atoms with Crippen molar-refractivity contribution < 1.29 is 4.79 Å². The summed E-state index contributed by atoms with van der Waals surface area (Å²) in [6.07, 6.45) is 2.45. The maximum absolute atomic E-state index is 11.2. The highest BCUT2D eigenvalue weighted by Crippen LogP contribution is 2.25. The molecular weight excluding hydrogens is 266 g/mol. The van der Waals surface area contributed by atoms with Crippen LogP contribution in [-0.4, -0.2) is 16.5 Å². The van der Waals surface area contributed by atoms with E-state index in [0.717, 1.165) is 34.4 Å². The molecule has 0 radical (unpaired) electrons. The molecule has 2 aromatic rings. The number of allylic oxidation sites excluding steroid dienone is 1. The fourth-order valence-corrected chi connectivity index (χ4v) is 2.02. The lowest BCUT2D eigenvalue weighted by atomic mass is 10.0. The van der Waals surface area contributed by atoms with Crippen molar-refractivity contribution in [2.75, 3.05) is 5.32 Å². The first-order chi connectivity index (χ1) is 10.0. The molecule has 21 heavy (non-hydrogen) atoms. The summed E-state index contributed by atoms with van der Waals surface area (Å²) in [6.45, 7) is 5.57. The molecule has 0 bridgehead atoms. The number of aryl methyl sites for hydroxylation is 2. The molecule has 108 valence electrons. The van der Waals surface area contributed by atoms with Crippen molar-refractivity contribution in [2.24, 2.45) is 0 Å². The van der Waals surface area contributed by atoms with Gasteiger partial charge >= 0.3 is 0 Å².